The van der Waals surface area contributed by atoms with Crippen LogP contribution in [0.5, 0.6) is 11.5 Å². The van der Waals surface area contributed by atoms with Gasteiger partial charge in [0.25, 0.3) is 5.91 Å². The monoisotopic (exact) mass is 442 g/mol. The Hall–Kier alpha value is -2.78. The van der Waals surface area contributed by atoms with Crippen LogP contribution in [0, 0.1) is 11.3 Å². The smallest absolute Gasteiger partial charge is 0.266 e. The second-order valence-corrected chi connectivity index (χ2v) is 7.01. The van der Waals surface area contributed by atoms with Crippen LogP contribution in [0.1, 0.15) is 31.7 Å². The van der Waals surface area contributed by atoms with Gasteiger partial charge in [0.1, 0.15) is 11.6 Å². The molecule has 2 rings (SSSR count). The van der Waals surface area contributed by atoms with Crippen molar-refractivity contribution in [3.63, 3.8) is 0 Å². The van der Waals surface area contributed by atoms with Crippen LogP contribution in [-0.2, 0) is 4.79 Å². The number of carbonyl (C=O) groups excluding carboxylic acids is 1. The van der Waals surface area contributed by atoms with Crippen LogP contribution < -0.4 is 14.8 Å². The molecule has 5 nitrogen and oxygen atoms in total. The highest BCUT2D eigenvalue weighted by Gasteiger charge is 2.11. The summed E-state index contributed by atoms with van der Waals surface area (Å²) in [6.07, 6.45) is 4.75. The Morgan fingerprint density at radius 3 is 2.57 bits per heavy atom. The van der Waals surface area contributed by atoms with Gasteiger partial charge < -0.3 is 14.8 Å². The molecule has 0 aliphatic heterocycles. The number of methoxy groups -OCH3 is 1. The molecule has 2 aromatic carbocycles. The van der Waals surface area contributed by atoms with Gasteiger partial charge >= 0.3 is 0 Å². The second kappa shape index (κ2) is 11.2. The van der Waals surface area contributed by atoms with E-state index in [0.717, 1.165) is 23.7 Å². The van der Waals surface area contributed by atoms with Crippen molar-refractivity contribution in [2.75, 3.05) is 19.0 Å². The summed E-state index contributed by atoms with van der Waals surface area (Å²) in [5.41, 5.74) is 1.30. The summed E-state index contributed by atoms with van der Waals surface area (Å²) in [6.45, 7) is 2.76. The predicted octanol–water partition coefficient (Wildman–Crippen LogP) is 5.57. The maximum absolute atomic E-state index is 12.4. The molecule has 1 N–H and O–H groups in total. The summed E-state index contributed by atoms with van der Waals surface area (Å²) in [5, 5.41) is 12.1. The highest BCUT2D eigenvalue weighted by Crippen LogP contribution is 2.29. The van der Waals surface area contributed by atoms with Gasteiger partial charge in [-0.1, -0.05) is 41.8 Å². The number of carbonyl (C=O) groups is 1. The minimum absolute atomic E-state index is 0.00147. The molecule has 1 amide bonds. The molecule has 0 aromatic heterocycles. The molecular formula is C22H23BrN2O3. The number of benzene rings is 2. The van der Waals surface area contributed by atoms with Gasteiger partial charge in [-0.2, -0.15) is 5.26 Å². The summed E-state index contributed by atoms with van der Waals surface area (Å²) in [7, 11) is 1.56. The number of ether oxygens (including phenoxy) is 2. The van der Waals surface area contributed by atoms with Crippen LogP contribution in [0.4, 0.5) is 5.69 Å². The number of hydrogen-bond acceptors (Lipinski definition) is 4. The van der Waals surface area contributed by atoms with Crippen LogP contribution in [0.3, 0.4) is 0 Å². The van der Waals surface area contributed by atoms with Gasteiger partial charge in [0.05, 0.1) is 13.7 Å². The molecule has 0 atom stereocenters. The number of amides is 1. The highest BCUT2D eigenvalue weighted by atomic mass is 79.9. The van der Waals surface area contributed by atoms with Crippen molar-refractivity contribution in [3.05, 3.63) is 58.1 Å². The zero-order chi connectivity index (χ0) is 20.4. The number of nitriles is 1. The maximum atomic E-state index is 12.4. The topological polar surface area (TPSA) is 71.3 Å². The van der Waals surface area contributed by atoms with Crippen LogP contribution >= 0.6 is 15.9 Å². The Morgan fingerprint density at radius 1 is 1.18 bits per heavy atom. The van der Waals surface area contributed by atoms with E-state index in [9.17, 15) is 10.1 Å². The van der Waals surface area contributed by atoms with Crippen molar-refractivity contribution in [1.82, 2.24) is 0 Å². The number of nitrogens with one attached hydrogen (secondary N) is 1. The number of anilines is 1. The first-order valence-electron chi connectivity index (χ1n) is 9.07. The average molecular weight is 443 g/mol. The van der Waals surface area contributed by atoms with Crippen molar-refractivity contribution >= 4 is 33.6 Å². The first-order chi connectivity index (χ1) is 13.6. The van der Waals surface area contributed by atoms with Gasteiger partial charge in [-0.3, -0.25) is 4.79 Å². The fourth-order valence-electron chi connectivity index (χ4n) is 2.47. The third-order valence-corrected chi connectivity index (χ3v) is 4.50. The molecular weight excluding hydrogens is 420 g/mol. The van der Waals surface area contributed by atoms with E-state index in [1.54, 1.807) is 37.4 Å². The summed E-state index contributed by atoms with van der Waals surface area (Å²) < 4.78 is 12.1. The molecule has 0 aliphatic carbocycles. The van der Waals surface area contributed by atoms with Crippen molar-refractivity contribution in [2.45, 2.75) is 26.2 Å². The summed E-state index contributed by atoms with van der Waals surface area (Å²) in [4.78, 5) is 12.4. The average Bonchev–Trinajstić information content (AvgIpc) is 2.71. The standard InChI is InChI=1S/C22H23BrN2O3/c1-3-4-5-12-28-20-11-6-16(14-21(20)27-2)13-17(15-24)22(26)25-19-9-7-18(23)8-10-19/h6-11,13-14H,3-5,12H2,1-2H3,(H,25,26). The normalized spacial score (nSPS) is 10.9. The Morgan fingerprint density at radius 2 is 1.93 bits per heavy atom. The highest BCUT2D eigenvalue weighted by molar-refractivity contribution is 9.10. The number of unbranched alkanes of at least 4 members (excludes halogenated alkanes) is 2. The molecule has 0 radical (unpaired) electrons. The lowest BCUT2D eigenvalue weighted by Crippen LogP contribution is -2.13. The molecule has 0 aliphatic rings. The van der Waals surface area contributed by atoms with E-state index < -0.39 is 5.91 Å². The predicted molar refractivity (Wildman–Crippen MR) is 114 cm³/mol. The summed E-state index contributed by atoms with van der Waals surface area (Å²) in [5.74, 6) is 0.744. The third-order valence-electron chi connectivity index (χ3n) is 3.97. The largest absolute Gasteiger partial charge is 0.493 e. The molecule has 0 spiro atoms. The second-order valence-electron chi connectivity index (χ2n) is 6.10. The number of hydrogen-bond donors (Lipinski definition) is 1. The molecule has 146 valence electrons. The molecule has 6 heteroatoms. The first kappa shape index (κ1) is 21.5. The van der Waals surface area contributed by atoms with E-state index in [4.69, 9.17) is 9.47 Å². The van der Waals surface area contributed by atoms with E-state index in [0.29, 0.717) is 29.4 Å². The van der Waals surface area contributed by atoms with Gasteiger partial charge in [0.15, 0.2) is 11.5 Å². The zero-order valence-corrected chi connectivity index (χ0v) is 17.6. The van der Waals surface area contributed by atoms with Gasteiger partial charge in [-0.05, 0) is 54.5 Å². The Balaban J connectivity index is 2.13. The van der Waals surface area contributed by atoms with Gasteiger partial charge in [0.2, 0.25) is 0 Å². The number of halogens is 1. The molecule has 0 bridgehead atoms. The Kier molecular flexibility index (Phi) is 8.57. The van der Waals surface area contributed by atoms with E-state index in [1.165, 1.54) is 6.08 Å². The van der Waals surface area contributed by atoms with Crippen molar-refractivity contribution in [2.24, 2.45) is 0 Å². The lowest BCUT2D eigenvalue weighted by atomic mass is 10.1. The molecule has 0 saturated heterocycles. The van der Waals surface area contributed by atoms with E-state index in [1.807, 2.05) is 18.2 Å². The lowest BCUT2D eigenvalue weighted by Gasteiger charge is -2.11. The number of rotatable bonds is 9. The summed E-state index contributed by atoms with van der Waals surface area (Å²) in [6, 6.07) is 14.4. The molecule has 0 fully saturated rings. The summed E-state index contributed by atoms with van der Waals surface area (Å²) >= 11 is 3.34. The van der Waals surface area contributed by atoms with Crippen molar-refractivity contribution in [1.29, 1.82) is 5.26 Å². The quantitative estimate of drug-likeness (QED) is 0.312. The van der Waals surface area contributed by atoms with E-state index >= 15 is 0 Å². The Bertz CT molecular complexity index is 870. The molecule has 28 heavy (non-hydrogen) atoms. The maximum Gasteiger partial charge on any atom is 0.266 e. The minimum atomic E-state index is -0.469. The third kappa shape index (κ3) is 6.43. The van der Waals surface area contributed by atoms with E-state index in [2.05, 4.69) is 28.2 Å². The molecule has 0 saturated carbocycles. The molecule has 0 unspecified atom stereocenters. The minimum Gasteiger partial charge on any atom is -0.493 e. The first-order valence-corrected chi connectivity index (χ1v) is 9.86. The van der Waals surface area contributed by atoms with E-state index in [-0.39, 0.29) is 5.57 Å². The zero-order valence-electron chi connectivity index (χ0n) is 16.0. The van der Waals surface area contributed by atoms with Gasteiger partial charge in [-0.15, -0.1) is 0 Å². The Labute approximate surface area is 174 Å². The van der Waals surface area contributed by atoms with Gasteiger partial charge in [0, 0.05) is 10.2 Å². The van der Waals surface area contributed by atoms with Gasteiger partial charge in [-0.25, -0.2) is 0 Å². The van der Waals surface area contributed by atoms with Crippen LogP contribution in [0.25, 0.3) is 6.08 Å². The number of nitrogens with zero attached hydrogens (tertiary/aromatic N) is 1. The molecule has 0 heterocycles. The van der Waals surface area contributed by atoms with Crippen LogP contribution in [0.2, 0.25) is 0 Å². The van der Waals surface area contributed by atoms with Crippen LogP contribution in [-0.4, -0.2) is 19.6 Å². The fourth-order valence-corrected chi connectivity index (χ4v) is 2.74. The van der Waals surface area contributed by atoms with Crippen LogP contribution in [0.15, 0.2) is 52.5 Å². The lowest BCUT2D eigenvalue weighted by molar-refractivity contribution is -0.112. The fraction of sp³-hybridized carbons (Fsp3) is 0.273. The SMILES string of the molecule is CCCCCOc1ccc(C=C(C#N)C(=O)Nc2ccc(Br)cc2)cc1OC. The van der Waals surface area contributed by atoms with Crippen molar-refractivity contribution < 1.29 is 14.3 Å². The van der Waals surface area contributed by atoms with Crippen molar-refractivity contribution in [3.8, 4) is 17.6 Å². The molecule has 2 aromatic rings.